The number of rotatable bonds is 6. The van der Waals surface area contributed by atoms with Crippen molar-refractivity contribution < 1.29 is 14.3 Å². The monoisotopic (exact) mass is 342 g/mol. The molecule has 1 aliphatic heterocycles. The normalized spacial score (nSPS) is 16.3. The zero-order valence-electron chi connectivity index (χ0n) is 13.8. The number of nitrogens with one attached hydrogen (secondary N) is 1. The first-order valence-electron chi connectivity index (χ1n) is 7.86. The molecule has 1 amide bonds. The predicted octanol–water partition coefficient (Wildman–Crippen LogP) is 1.84. The molecular formula is C17H27ClN2O3. The van der Waals surface area contributed by atoms with Crippen LogP contribution in [0.5, 0.6) is 5.75 Å². The second kappa shape index (κ2) is 9.75. The maximum absolute atomic E-state index is 12.1. The average Bonchev–Trinajstić information content (AvgIpc) is 2.56. The predicted molar refractivity (Wildman–Crippen MR) is 93.2 cm³/mol. The van der Waals surface area contributed by atoms with E-state index < -0.39 is 6.04 Å². The second-order valence-corrected chi connectivity index (χ2v) is 5.82. The van der Waals surface area contributed by atoms with Gasteiger partial charge in [-0.1, -0.05) is 12.1 Å². The van der Waals surface area contributed by atoms with Crippen LogP contribution in [0.4, 0.5) is 0 Å². The fourth-order valence-electron chi connectivity index (χ4n) is 2.76. The largest absolute Gasteiger partial charge is 0.496 e. The van der Waals surface area contributed by atoms with E-state index in [1.807, 2.05) is 19.1 Å². The highest BCUT2D eigenvalue weighted by atomic mass is 35.5. The molecule has 0 spiro atoms. The maximum atomic E-state index is 12.1. The van der Waals surface area contributed by atoms with Gasteiger partial charge >= 0.3 is 0 Å². The summed E-state index contributed by atoms with van der Waals surface area (Å²) in [6.45, 7) is 4.00. The summed E-state index contributed by atoms with van der Waals surface area (Å²) in [5.74, 6) is 1.04. The van der Waals surface area contributed by atoms with Crippen molar-refractivity contribution >= 4 is 18.3 Å². The second-order valence-electron chi connectivity index (χ2n) is 5.82. The Morgan fingerprint density at radius 2 is 2.13 bits per heavy atom. The quantitative estimate of drug-likeness (QED) is 0.827. The Hall–Kier alpha value is -1.30. The van der Waals surface area contributed by atoms with Crippen LogP contribution in [0.3, 0.4) is 0 Å². The Morgan fingerprint density at radius 1 is 1.43 bits per heavy atom. The van der Waals surface area contributed by atoms with Crippen LogP contribution in [0.2, 0.25) is 0 Å². The van der Waals surface area contributed by atoms with Crippen molar-refractivity contribution in [3.63, 3.8) is 0 Å². The third-order valence-corrected chi connectivity index (χ3v) is 4.26. The number of carbonyl (C=O) groups is 1. The topological polar surface area (TPSA) is 73.6 Å². The fraction of sp³-hybridized carbons (Fsp3) is 0.588. The molecule has 0 bridgehead atoms. The molecule has 1 unspecified atom stereocenters. The van der Waals surface area contributed by atoms with Crippen molar-refractivity contribution in [3.05, 3.63) is 29.3 Å². The number of hydrogen-bond donors (Lipinski definition) is 2. The van der Waals surface area contributed by atoms with Gasteiger partial charge in [0, 0.05) is 19.8 Å². The van der Waals surface area contributed by atoms with Crippen LogP contribution in [-0.2, 0) is 16.0 Å². The first-order chi connectivity index (χ1) is 10.6. The highest BCUT2D eigenvalue weighted by Crippen LogP contribution is 2.19. The average molecular weight is 343 g/mol. The van der Waals surface area contributed by atoms with Gasteiger partial charge < -0.3 is 20.5 Å². The van der Waals surface area contributed by atoms with Crippen molar-refractivity contribution in [2.75, 3.05) is 26.9 Å². The van der Waals surface area contributed by atoms with Crippen molar-refractivity contribution in [2.45, 2.75) is 32.2 Å². The lowest BCUT2D eigenvalue weighted by Crippen LogP contribution is -2.47. The molecule has 1 aromatic carbocycles. The molecule has 1 atom stereocenters. The van der Waals surface area contributed by atoms with Gasteiger partial charge in [0.25, 0.3) is 0 Å². The van der Waals surface area contributed by atoms with E-state index in [1.165, 1.54) is 0 Å². The number of amides is 1. The lowest BCUT2D eigenvalue weighted by Gasteiger charge is -2.26. The molecule has 0 saturated carbocycles. The number of ether oxygens (including phenoxy) is 2. The number of benzene rings is 1. The number of methoxy groups -OCH3 is 1. The smallest absolute Gasteiger partial charge is 0.237 e. The van der Waals surface area contributed by atoms with Crippen molar-refractivity contribution in [2.24, 2.45) is 11.7 Å². The van der Waals surface area contributed by atoms with Crippen LogP contribution in [0.1, 0.15) is 24.0 Å². The molecule has 3 N–H and O–H groups in total. The minimum Gasteiger partial charge on any atom is -0.496 e. The highest BCUT2D eigenvalue weighted by molar-refractivity contribution is 5.85. The van der Waals surface area contributed by atoms with Gasteiger partial charge in [-0.3, -0.25) is 4.79 Å². The lowest BCUT2D eigenvalue weighted by molar-refractivity contribution is -0.124. The van der Waals surface area contributed by atoms with Crippen LogP contribution >= 0.6 is 12.4 Å². The highest BCUT2D eigenvalue weighted by Gasteiger charge is 2.26. The standard InChI is InChI=1S/C17H26N2O3.ClH/c1-12-3-4-13(11-15(12)21-2)5-8-19-17(20)16(18)14-6-9-22-10-7-14;/h3-4,11,14,16H,5-10,18H2,1-2H3,(H,19,20);1H. The van der Waals surface area contributed by atoms with Gasteiger partial charge in [0.2, 0.25) is 5.91 Å². The summed E-state index contributed by atoms with van der Waals surface area (Å²) < 4.78 is 10.6. The van der Waals surface area contributed by atoms with Crippen LogP contribution in [0, 0.1) is 12.8 Å². The Morgan fingerprint density at radius 3 is 2.78 bits per heavy atom. The van der Waals surface area contributed by atoms with Crippen molar-refractivity contribution in [1.82, 2.24) is 5.32 Å². The van der Waals surface area contributed by atoms with E-state index in [1.54, 1.807) is 7.11 Å². The summed E-state index contributed by atoms with van der Waals surface area (Å²) in [6.07, 6.45) is 2.50. The molecule has 1 fully saturated rings. The van der Waals surface area contributed by atoms with Crippen molar-refractivity contribution in [1.29, 1.82) is 0 Å². The Kier molecular flexibility index (Phi) is 8.37. The molecule has 5 nitrogen and oxygen atoms in total. The first-order valence-corrected chi connectivity index (χ1v) is 7.86. The van der Waals surface area contributed by atoms with Crippen LogP contribution in [-0.4, -0.2) is 38.8 Å². The summed E-state index contributed by atoms with van der Waals surface area (Å²) in [5.41, 5.74) is 8.30. The zero-order valence-corrected chi connectivity index (χ0v) is 14.7. The van der Waals surface area contributed by atoms with Gasteiger partial charge in [-0.15, -0.1) is 12.4 Å². The minimum atomic E-state index is -0.434. The number of carbonyl (C=O) groups excluding carboxylic acids is 1. The number of hydrogen-bond acceptors (Lipinski definition) is 4. The van der Waals surface area contributed by atoms with Gasteiger partial charge in [-0.05, 0) is 49.3 Å². The molecule has 1 saturated heterocycles. The van der Waals surface area contributed by atoms with E-state index in [2.05, 4.69) is 11.4 Å². The Balaban J connectivity index is 0.00000264. The molecule has 1 aromatic rings. The zero-order chi connectivity index (χ0) is 15.9. The van der Waals surface area contributed by atoms with Crippen LogP contribution in [0.15, 0.2) is 18.2 Å². The maximum Gasteiger partial charge on any atom is 0.237 e. The lowest BCUT2D eigenvalue weighted by atomic mass is 9.92. The van der Waals surface area contributed by atoms with Gasteiger partial charge in [-0.2, -0.15) is 0 Å². The van der Waals surface area contributed by atoms with Gasteiger partial charge in [0.1, 0.15) is 5.75 Å². The molecule has 2 rings (SSSR count). The van der Waals surface area contributed by atoms with Gasteiger partial charge in [0.05, 0.1) is 13.2 Å². The van der Waals surface area contributed by atoms with Crippen molar-refractivity contribution in [3.8, 4) is 5.75 Å². The van der Waals surface area contributed by atoms with E-state index in [9.17, 15) is 4.79 Å². The van der Waals surface area contributed by atoms with E-state index in [4.69, 9.17) is 15.2 Å². The van der Waals surface area contributed by atoms with Crippen LogP contribution < -0.4 is 15.8 Å². The number of halogens is 1. The molecule has 1 heterocycles. The van der Waals surface area contributed by atoms with Crippen LogP contribution in [0.25, 0.3) is 0 Å². The molecular weight excluding hydrogens is 316 g/mol. The fourth-order valence-corrected chi connectivity index (χ4v) is 2.76. The van der Waals surface area contributed by atoms with Gasteiger partial charge in [0.15, 0.2) is 0 Å². The third kappa shape index (κ3) is 5.68. The van der Waals surface area contributed by atoms with E-state index in [-0.39, 0.29) is 24.2 Å². The van der Waals surface area contributed by atoms with E-state index in [0.29, 0.717) is 19.8 Å². The number of nitrogens with two attached hydrogens (primary N) is 1. The third-order valence-electron chi connectivity index (χ3n) is 4.26. The Labute approximate surface area is 144 Å². The molecule has 0 aromatic heterocycles. The molecule has 6 heteroatoms. The number of aryl methyl sites for hydroxylation is 1. The Bertz CT molecular complexity index is 505. The van der Waals surface area contributed by atoms with E-state index in [0.717, 1.165) is 36.1 Å². The molecule has 130 valence electrons. The summed E-state index contributed by atoms with van der Waals surface area (Å²) in [4.78, 5) is 12.1. The summed E-state index contributed by atoms with van der Waals surface area (Å²) >= 11 is 0. The first kappa shape index (κ1) is 19.7. The SMILES string of the molecule is COc1cc(CCNC(=O)C(N)C2CCOCC2)ccc1C.Cl. The van der Waals surface area contributed by atoms with Gasteiger partial charge in [-0.25, -0.2) is 0 Å². The summed E-state index contributed by atoms with van der Waals surface area (Å²) in [5, 5.41) is 2.93. The van der Waals surface area contributed by atoms with E-state index >= 15 is 0 Å². The molecule has 23 heavy (non-hydrogen) atoms. The molecule has 0 radical (unpaired) electrons. The summed E-state index contributed by atoms with van der Waals surface area (Å²) in [7, 11) is 1.67. The molecule has 0 aliphatic carbocycles. The minimum absolute atomic E-state index is 0. The molecule has 1 aliphatic rings. The summed E-state index contributed by atoms with van der Waals surface area (Å²) in [6, 6.07) is 5.67.